The summed E-state index contributed by atoms with van der Waals surface area (Å²) >= 11 is 6.22. The number of aromatic amines is 1. The second kappa shape index (κ2) is 4.42. The first-order valence-corrected chi connectivity index (χ1v) is 5.60. The van der Waals surface area contributed by atoms with Crippen molar-refractivity contribution in [2.45, 2.75) is 0 Å². The maximum Gasteiger partial charge on any atom is 0.248 e. The van der Waals surface area contributed by atoms with Crippen molar-refractivity contribution in [1.82, 2.24) is 10.2 Å². The molecule has 7 heteroatoms. The molecule has 1 aromatic heterocycles. The molecule has 0 aliphatic carbocycles. The summed E-state index contributed by atoms with van der Waals surface area (Å²) in [4.78, 5) is 11.0. The first-order valence-electron chi connectivity index (χ1n) is 4.37. The molecule has 0 atom stereocenters. The average Bonchev–Trinajstić information content (AvgIpc) is 2.64. The quantitative estimate of drug-likeness (QED) is 0.730. The van der Waals surface area contributed by atoms with Gasteiger partial charge < -0.3 is 11.1 Å². The number of primary amides is 1. The van der Waals surface area contributed by atoms with Crippen molar-refractivity contribution in [3.8, 4) is 0 Å². The Balaban J connectivity index is 2.25. The van der Waals surface area contributed by atoms with Gasteiger partial charge in [0.05, 0.1) is 0 Å². The van der Waals surface area contributed by atoms with Crippen LogP contribution in [0.1, 0.15) is 10.4 Å². The molecule has 0 aliphatic rings. The molecule has 0 fully saturated rings. The number of H-pyrrole nitrogens is 1. The number of benzene rings is 1. The third-order valence-electron chi connectivity index (χ3n) is 1.84. The van der Waals surface area contributed by atoms with Gasteiger partial charge in [0.2, 0.25) is 11.0 Å². The summed E-state index contributed by atoms with van der Waals surface area (Å²) in [5, 5.41) is 10.3. The Morgan fingerprint density at radius 2 is 2.38 bits per heavy atom. The van der Waals surface area contributed by atoms with Crippen LogP contribution in [0.4, 0.5) is 10.8 Å². The molecule has 0 unspecified atom stereocenters. The smallest absolute Gasteiger partial charge is 0.248 e. The molecule has 1 heterocycles. The molecule has 4 N–H and O–H groups in total. The number of carbonyl (C=O) groups excluding carboxylic acids is 1. The van der Waals surface area contributed by atoms with Crippen LogP contribution in [-0.4, -0.2) is 16.1 Å². The fraction of sp³-hybridized carbons (Fsp3) is 0. The topological polar surface area (TPSA) is 83.8 Å². The van der Waals surface area contributed by atoms with Gasteiger partial charge >= 0.3 is 0 Å². The number of rotatable bonds is 3. The third-order valence-corrected chi connectivity index (χ3v) is 2.84. The molecule has 0 saturated carbocycles. The lowest BCUT2D eigenvalue weighted by molar-refractivity contribution is 0.100. The van der Waals surface area contributed by atoms with Crippen LogP contribution in [0.5, 0.6) is 0 Å². The van der Waals surface area contributed by atoms with Crippen molar-refractivity contribution in [3.05, 3.63) is 33.8 Å². The van der Waals surface area contributed by atoms with Crippen molar-refractivity contribution >= 4 is 40.3 Å². The average molecular weight is 252 g/mol. The summed E-state index contributed by atoms with van der Waals surface area (Å²) in [7, 11) is 0. The zero-order valence-electron chi connectivity index (χ0n) is 8.06. The number of nitrogens with one attached hydrogen (secondary N) is 2. The highest BCUT2D eigenvalue weighted by Crippen LogP contribution is 2.19. The molecule has 0 radical (unpaired) electrons. The van der Waals surface area contributed by atoms with E-state index in [2.05, 4.69) is 15.5 Å². The first-order chi connectivity index (χ1) is 7.65. The number of amides is 1. The van der Waals surface area contributed by atoms with Crippen molar-refractivity contribution in [2.75, 3.05) is 5.32 Å². The van der Waals surface area contributed by atoms with Gasteiger partial charge in [-0.05, 0) is 30.4 Å². The summed E-state index contributed by atoms with van der Waals surface area (Å²) in [6, 6.07) is 6.87. The molecule has 1 amide bonds. The van der Waals surface area contributed by atoms with E-state index in [0.717, 1.165) is 5.69 Å². The van der Waals surface area contributed by atoms with E-state index in [9.17, 15) is 4.79 Å². The van der Waals surface area contributed by atoms with E-state index >= 15 is 0 Å². The minimum atomic E-state index is -0.460. The molecule has 0 aliphatic heterocycles. The van der Waals surface area contributed by atoms with Gasteiger partial charge in [-0.2, -0.15) is 0 Å². The van der Waals surface area contributed by atoms with Gasteiger partial charge in [-0.15, -0.1) is 5.10 Å². The van der Waals surface area contributed by atoms with Crippen LogP contribution in [-0.2, 0) is 0 Å². The van der Waals surface area contributed by atoms with Crippen LogP contribution in [0.15, 0.2) is 24.3 Å². The highest BCUT2D eigenvalue weighted by atomic mass is 32.1. The Morgan fingerprint density at radius 1 is 1.56 bits per heavy atom. The lowest BCUT2D eigenvalue weighted by atomic mass is 10.2. The summed E-state index contributed by atoms with van der Waals surface area (Å²) in [5.74, 6) is -0.460. The minimum Gasteiger partial charge on any atom is -0.366 e. The van der Waals surface area contributed by atoms with Crippen molar-refractivity contribution in [1.29, 1.82) is 0 Å². The van der Waals surface area contributed by atoms with E-state index < -0.39 is 5.91 Å². The number of nitrogens with two attached hydrogens (primary N) is 1. The summed E-state index contributed by atoms with van der Waals surface area (Å²) in [6.45, 7) is 0. The van der Waals surface area contributed by atoms with Gasteiger partial charge in [-0.25, -0.2) is 0 Å². The second-order valence-electron chi connectivity index (χ2n) is 2.99. The fourth-order valence-electron chi connectivity index (χ4n) is 1.16. The number of carbonyl (C=O) groups is 1. The van der Waals surface area contributed by atoms with Crippen LogP contribution in [0.25, 0.3) is 0 Å². The number of anilines is 2. The Hall–Kier alpha value is -1.73. The van der Waals surface area contributed by atoms with Gasteiger partial charge in [0.15, 0.2) is 3.95 Å². The third kappa shape index (κ3) is 2.44. The first kappa shape index (κ1) is 10.8. The molecule has 2 aromatic rings. The molecule has 1 aromatic carbocycles. The van der Waals surface area contributed by atoms with Gasteiger partial charge in [0.1, 0.15) is 0 Å². The van der Waals surface area contributed by atoms with Crippen molar-refractivity contribution < 1.29 is 4.79 Å². The summed E-state index contributed by atoms with van der Waals surface area (Å²) in [5.41, 5.74) is 6.37. The summed E-state index contributed by atoms with van der Waals surface area (Å²) < 4.78 is 0.591. The molecule has 82 valence electrons. The minimum absolute atomic E-state index is 0.448. The van der Waals surface area contributed by atoms with E-state index in [4.69, 9.17) is 18.0 Å². The van der Waals surface area contributed by atoms with Crippen molar-refractivity contribution in [2.24, 2.45) is 5.73 Å². The molecule has 0 saturated heterocycles. The molecule has 16 heavy (non-hydrogen) atoms. The number of hydrogen-bond acceptors (Lipinski definition) is 5. The van der Waals surface area contributed by atoms with E-state index in [1.54, 1.807) is 18.2 Å². The highest BCUT2D eigenvalue weighted by molar-refractivity contribution is 7.73. The van der Waals surface area contributed by atoms with E-state index in [1.165, 1.54) is 11.3 Å². The number of aromatic nitrogens is 2. The zero-order valence-corrected chi connectivity index (χ0v) is 9.69. The van der Waals surface area contributed by atoms with Gasteiger partial charge in [0.25, 0.3) is 0 Å². The largest absolute Gasteiger partial charge is 0.366 e. The van der Waals surface area contributed by atoms with Crippen LogP contribution in [0.2, 0.25) is 0 Å². The Labute approximate surface area is 100 Å². The molecule has 5 nitrogen and oxygen atoms in total. The standard InChI is InChI=1S/C9H8N4OS2/c10-7(14)5-2-1-3-6(4-5)11-8-12-13-9(15)16-8/h1-4H,(H2,10,14)(H,11,12)(H,13,15). The second-order valence-corrected chi connectivity index (χ2v) is 4.65. The lowest BCUT2D eigenvalue weighted by Crippen LogP contribution is -2.10. The Bertz CT molecular complexity index is 575. The van der Waals surface area contributed by atoms with E-state index in [0.29, 0.717) is 14.6 Å². The monoisotopic (exact) mass is 252 g/mol. The van der Waals surface area contributed by atoms with Gasteiger partial charge in [-0.1, -0.05) is 17.4 Å². The molecular weight excluding hydrogens is 244 g/mol. The zero-order chi connectivity index (χ0) is 11.5. The SMILES string of the molecule is NC(=O)c1cccc(Nc2n[nH]c(=S)s2)c1. The number of hydrogen-bond donors (Lipinski definition) is 3. The highest BCUT2D eigenvalue weighted by Gasteiger charge is 2.02. The Morgan fingerprint density at radius 3 is 3.00 bits per heavy atom. The Kier molecular flexibility index (Phi) is 2.97. The van der Waals surface area contributed by atoms with E-state index in [1.807, 2.05) is 6.07 Å². The number of nitrogens with zero attached hydrogens (tertiary/aromatic N) is 1. The van der Waals surface area contributed by atoms with Crippen LogP contribution in [0.3, 0.4) is 0 Å². The van der Waals surface area contributed by atoms with E-state index in [-0.39, 0.29) is 0 Å². The normalized spacial score (nSPS) is 10.0. The molecule has 2 rings (SSSR count). The predicted octanol–water partition coefficient (Wildman–Crippen LogP) is 2.04. The lowest BCUT2D eigenvalue weighted by Gasteiger charge is -2.02. The van der Waals surface area contributed by atoms with Crippen LogP contribution in [0, 0.1) is 3.95 Å². The maximum absolute atomic E-state index is 11.0. The molecule has 0 bridgehead atoms. The van der Waals surface area contributed by atoms with Crippen molar-refractivity contribution in [3.63, 3.8) is 0 Å². The molecular formula is C9H8N4OS2. The molecule has 0 spiro atoms. The summed E-state index contributed by atoms with van der Waals surface area (Å²) in [6.07, 6.45) is 0. The van der Waals surface area contributed by atoms with Crippen LogP contribution < -0.4 is 11.1 Å². The predicted molar refractivity (Wildman–Crippen MR) is 65.5 cm³/mol. The van der Waals surface area contributed by atoms with Crippen LogP contribution >= 0.6 is 23.6 Å². The van der Waals surface area contributed by atoms with Gasteiger partial charge in [0, 0.05) is 11.3 Å². The van der Waals surface area contributed by atoms with Gasteiger partial charge in [-0.3, -0.25) is 9.89 Å². The fourth-order valence-corrected chi connectivity index (χ4v) is 1.97. The maximum atomic E-state index is 11.0.